The number of aliphatic carboxylic acids is 1. The molecule has 1 aliphatic rings. The Morgan fingerprint density at radius 1 is 1.23 bits per heavy atom. The van der Waals surface area contributed by atoms with Crippen molar-refractivity contribution in [3.63, 3.8) is 0 Å². The highest BCUT2D eigenvalue weighted by Crippen LogP contribution is 2.18. The van der Waals surface area contributed by atoms with Gasteiger partial charge < -0.3 is 46.1 Å². The lowest BCUT2D eigenvalue weighted by molar-refractivity contribution is -0.140. The van der Waals surface area contributed by atoms with E-state index in [1.165, 1.54) is 6.20 Å². The standard InChI is InChI=1S/C11H21NO4.C6H6N2O.C5H10O5/c1-6-7(2)8(9(13)14)12-10(15)16-11(3,4)5;7-6(9)5-2-1-3-8-4-5;6-1-2-3(7)4(8)5(9)10-2/h7-8H,6H2,1-5H3,(H,12,15)(H,13,14);1-4H,(H2,7,9);2-9H,1H2/t7-,8-;;2-,3-,4-,5?/m0.1/s1. The van der Waals surface area contributed by atoms with E-state index in [0.717, 1.165) is 0 Å². The van der Waals surface area contributed by atoms with Crippen LogP contribution >= 0.6 is 0 Å². The van der Waals surface area contributed by atoms with Gasteiger partial charge in [-0.2, -0.15) is 0 Å². The van der Waals surface area contributed by atoms with Gasteiger partial charge in [-0.1, -0.05) is 20.3 Å². The summed E-state index contributed by atoms with van der Waals surface area (Å²) in [4.78, 5) is 36.4. The molecule has 0 spiro atoms. The van der Waals surface area contributed by atoms with E-state index in [1.54, 1.807) is 46.0 Å². The summed E-state index contributed by atoms with van der Waals surface area (Å²) in [6.07, 6.45) is -1.75. The first-order valence-electron chi connectivity index (χ1n) is 10.9. The predicted molar refractivity (Wildman–Crippen MR) is 123 cm³/mol. The van der Waals surface area contributed by atoms with Gasteiger partial charge in [-0.25, -0.2) is 9.59 Å². The first kappa shape index (κ1) is 32.2. The van der Waals surface area contributed by atoms with E-state index in [1.807, 2.05) is 6.92 Å². The molecule has 200 valence electrons. The first-order chi connectivity index (χ1) is 16.1. The highest BCUT2D eigenvalue weighted by Gasteiger charge is 2.41. The number of ether oxygens (including phenoxy) is 2. The Labute approximate surface area is 203 Å². The van der Waals surface area contributed by atoms with Crippen LogP contribution in [0.15, 0.2) is 24.5 Å². The molecule has 13 nitrogen and oxygen atoms in total. The number of carbonyl (C=O) groups excluding carboxylic acids is 2. The molecule has 0 saturated carbocycles. The number of pyridine rings is 1. The third kappa shape index (κ3) is 12.4. The maximum atomic E-state index is 11.4. The largest absolute Gasteiger partial charge is 0.480 e. The van der Waals surface area contributed by atoms with E-state index < -0.39 is 60.8 Å². The van der Waals surface area contributed by atoms with Crippen LogP contribution in [0.3, 0.4) is 0 Å². The van der Waals surface area contributed by atoms with Crippen LogP contribution in [0.4, 0.5) is 4.79 Å². The quantitative estimate of drug-likeness (QED) is 0.265. The minimum Gasteiger partial charge on any atom is -0.480 e. The molecule has 2 heterocycles. The number of carboxylic acid groups (broad SMARTS) is 1. The Hall–Kier alpha value is -2.84. The van der Waals surface area contributed by atoms with Crippen LogP contribution in [0.25, 0.3) is 0 Å². The van der Waals surface area contributed by atoms with E-state index in [9.17, 15) is 14.4 Å². The van der Waals surface area contributed by atoms with Gasteiger partial charge in [0.25, 0.3) is 0 Å². The third-order valence-electron chi connectivity index (χ3n) is 4.61. The second-order valence-corrected chi connectivity index (χ2v) is 8.68. The maximum Gasteiger partial charge on any atom is 0.408 e. The number of aliphatic hydroxyl groups excluding tert-OH is 4. The lowest BCUT2D eigenvalue weighted by Gasteiger charge is -2.24. The van der Waals surface area contributed by atoms with Crippen molar-refractivity contribution >= 4 is 18.0 Å². The Kier molecular flexibility index (Phi) is 14.0. The number of amides is 2. The zero-order valence-electron chi connectivity index (χ0n) is 20.5. The van der Waals surface area contributed by atoms with Crippen LogP contribution in [0, 0.1) is 5.92 Å². The molecule has 1 fully saturated rings. The molecule has 2 amide bonds. The summed E-state index contributed by atoms with van der Waals surface area (Å²) in [5.41, 5.74) is 4.75. The van der Waals surface area contributed by atoms with Gasteiger partial charge >= 0.3 is 12.1 Å². The normalized spacial score (nSPS) is 22.9. The van der Waals surface area contributed by atoms with Gasteiger partial charge in [-0.05, 0) is 38.8 Å². The highest BCUT2D eigenvalue weighted by molar-refractivity contribution is 5.92. The smallest absolute Gasteiger partial charge is 0.408 e. The minimum atomic E-state index is -1.38. The van der Waals surface area contributed by atoms with Crippen molar-refractivity contribution < 1.29 is 49.4 Å². The van der Waals surface area contributed by atoms with Crippen molar-refractivity contribution in [1.82, 2.24) is 10.3 Å². The van der Waals surface area contributed by atoms with E-state index in [0.29, 0.717) is 12.0 Å². The number of carboxylic acids is 1. The van der Waals surface area contributed by atoms with Crippen LogP contribution in [-0.4, -0.2) is 91.3 Å². The Balaban J connectivity index is 0.000000522. The molecule has 13 heteroatoms. The van der Waals surface area contributed by atoms with Crippen LogP contribution in [0.5, 0.6) is 0 Å². The summed E-state index contributed by atoms with van der Waals surface area (Å²) >= 11 is 0. The van der Waals surface area contributed by atoms with Crippen molar-refractivity contribution in [3.8, 4) is 0 Å². The fourth-order valence-corrected chi connectivity index (χ4v) is 2.51. The van der Waals surface area contributed by atoms with Gasteiger partial charge in [0.1, 0.15) is 30.0 Å². The Morgan fingerprint density at radius 2 is 1.83 bits per heavy atom. The second kappa shape index (κ2) is 15.2. The number of aliphatic hydroxyl groups is 4. The van der Waals surface area contributed by atoms with Gasteiger partial charge in [0.2, 0.25) is 5.91 Å². The van der Waals surface area contributed by atoms with E-state index in [4.69, 9.17) is 36.0 Å². The monoisotopic (exact) mass is 503 g/mol. The van der Waals surface area contributed by atoms with Crippen molar-refractivity contribution in [3.05, 3.63) is 30.1 Å². The molecular weight excluding hydrogens is 466 g/mol. The Bertz CT molecular complexity index is 787. The molecule has 0 radical (unpaired) electrons. The molecule has 0 bridgehead atoms. The van der Waals surface area contributed by atoms with Crippen molar-refractivity contribution in [1.29, 1.82) is 0 Å². The van der Waals surface area contributed by atoms with Gasteiger partial charge in [0.05, 0.1) is 12.2 Å². The van der Waals surface area contributed by atoms with Gasteiger partial charge in [-0.3, -0.25) is 9.78 Å². The number of hydrogen-bond acceptors (Lipinski definition) is 10. The molecule has 35 heavy (non-hydrogen) atoms. The van der Waals surface area contributed by atoms with Gasteiger partial charge in [0, 0.05) is 12.4 Å². The van der Waals surface area contributed by atoms with Crippen LogP contribution in [-0.2, 0) is 14.3 Å². The third-order valence-corrected chi connectivity index (χ3v) is 4.61. The number of primary amides is 1. The SMILES string of the molecule is CC[C@H](C)[C@H](NC(=O)OC(C)(C)C)C(=O)O.NC(=O)c1cccnc1.OC[C@H]1OC(O)[C@H](O)[C@@H]1O. The van der Waals surface area contributed by atoms with E-state index >= 15 is 0 Å². The number of alkyl carbamates (subject to hydrolysis) is 1. The van der Waals surface area contributed by atoms with E-state index in [-0.39, 0.29) is 5.92 Å². The molecule has 6 atom stereocenters. The number of rotatable bonds is 6. The summed E-state index contributed by atoms with van der Waals surface area (Å²) < 4.78 is 9.54. The number of carbonyl (C=O) groups is 3. The summed E-state index contributed by atoms with van der Waals surface area (Å²) in [6, 6.07) is 2.38. The lowest BCUT2D eigenvalue weighted by atomic mass is 10.00. The summed E-state index contributed by atoms with van der Waals surface area (Å²) in [5, 5.41) is 46.3. The molecule has 1 aromatic heterocycles. The fourth-order valence-electron chi connectivity index (χ4n) is 2.51. The molecule has 0 aromatic carbocycles. The van der Waals surface area contributed by atoms with Gasteiger partial charge in [-0.15, -0.1) is 0 Å². The topological polar surface area (TPSA) is 222 Å². The van der Waals surface area contributed by atoms with Crippen LogP contribution in [0.2, 0.25) is 0 Å². The zero-order chi connectivity index (χ0) is 27.3. The summed E-state index contributed by atoms with van der Waals surface area (Å²) in [6.45, 7) is 8.42. The lowest BCUT2D eigenvalue weighted by Crippen LogP contribution is -2.46. The molecule has 8 N–H and O–H groups in total. The molecular formula is C22H37N3O10. The van der Waals surface area contributed by atoms with Crippen LogP contribution < -0.4 is 11.1 Å². The van der Waals surface area contributed by atoms with Crippen molar-refractivity contribution in [2.45, 2.75) is 77.3 Å². The van der Waals surface area contributed by atoms with E-state index in [2.05, 4.69) is 15.0 Å². The van der Waals surface area contributed by atoms with Gasteiger partial charge in [0.15, 0.2) is 6.29 Å². The van der Waals surface area contributed by atoms with Crippen molar-refractivity contribution in [2.24, 2.45) is 11.7 Å². The Morgan fingerprint density at radius 3 is 2.11 bits per heavy atom. The average Bonchev–Trinajstić information content (AvgIpc) is 3.03. The molecule has 1 aliphatic heterocycles. The average molecular weight is 504 g/mol. The zero-order valence-corrected chi connectivity index (χ0v) is 20.5. The summed E-state index contributed by atoms with van der Waals surface area (Å²) in [5.74, 6) is -1.62. The molecule has 1 aromatic rings. The number of nitrogens with two attached hydrogens (primary N) is 1. The molecule has 1 unspecified atom stereocenters. The molecule has 2 rings (SSSR count). The second-order valence-electron chi connectivity index (χ2n) is 8.68. The number of nitrogens with zero attached hydrogens (tertiary/aromatic N) is 1. The maximum absolute atomic E-state index is 11.4. The summed E-state index contributed by atoms with van der Waals surface area (Å²) in [7, 11) is 0. The number of aromatic nitrogens is 1. The first-order valence-corrected chi connectivity index (χ1v) is 10.9. The number of nitrogens with one attached hydrogen (secondary N) is 1. The van der Waals surface area contributed by atoms with Crippen LogP contribution in [0.1, 0.15) is 51.4 Å². The number of hydrogen-bond donors (Lipinski definition) is 7. The highest BCUT2D eigenvalue weighted by atomic mass is 16.6. The van der Waals surface area contributed by atoms with Crippen molar-refractivity contribution in [2.75, 3.05) is 6.61 Å². The fraction of sp³-hybridized carbons (Fsp3) is 0.636. The predicted octanol–water partition coefficient (Wildman–Crippen LogP) is -0.391. The molecule has 0 aliphatic carbocycles. The minimum absolute atomic E-state index is 0.134. The molecule has 1 saturated heterocycles.